The molecule has 112 valence electrons. The summed E-state index contributed by atoms with van der Waals surface area (Å²) in [7, 11) is 0. The largest absolute Gasteiger partial charge is 0.281 e. The minimum atomic E-state index is -0.523. The zero-order valence-electron chi connectivity index (χ0n) is 12.1. The molecule has 22 heavy (non-hydrogen) atoms. The molecule has 1 heterocycles. The van der Waals surface area contributed by atoms with Crippen LogP contribution in [0.25, 0.3) is 10.8 Å². The molecule has 0 fully saturated rings. The summed E-state index contributed by atoms with van der Waals surface area (Å²) in [6.45, 7) is 3.25. The van der Waals surface area contributed by atoms with Gasteiger partial charge < -0.3 is 0 Å². The van der Waals surface area contributed by atoms with E-state index in [-0.39, 0.29) is 18.0 Å². The van der Waals surface area contributed by atoms with Crippen molar-refractivity contribution in [1.29, 1.82) is 0 Å². The van der Waals surface area contributed by atoms with Crippen LogP contribution in [0.4, 0.5) is 0 Å². The van der Waals surface area contributed by atoms with Crippen LogP contribution < -0.4 is 0 Å². The third-order valence-corrected chi connectivity index (χ3v) is 4.04. The lowest BCUT2D eigenvalue weighted by atomic mass is 10.0. The highest BCUT2D eigenvalue weighted by molar-refractivity contribution is 6.38. The van der Waals surface area contributed by atoms with Crippen LogP contribution in [0, 0.1) is 0 Å². The first-order valence-electron chi connectivity index (χ1n) is 6.85. The summed E-state index contributed by atoms with van der Waals surface area (Å²) in [5.74, 6) is -1.39. The summed E-state index contributed by atoms with van der Waals surface area (Å²) in [4.78, 5) is 37.0. The number of benzene rings is 2. The molecule has 0 atom stereocenters. The summed E-state index contributed by atoms with van der Waals surface area (Å²) >= 11 is 6.21. The Hall–Kier alpha value is -2.40. The molecule has 1 aliphatic heterocycles. The molecule has 3 rings (SSSR count). The number of hydrogen-bond acceptors (Lipinski definition) is 3. The predicted molar refractivity (Wildman–Crippen MR) is 82.5 cm³/mol. The van der Waals surface area contributed by atoms with Crippen molar-refractivity contribution < 1.29 is 14.4 Å². The van der Waals surface area contributed by atoms with Gasteiger partial charge in [-0.3, -0.25) is 14.4 Å². The minimum absolute atomic E-state index is 0.229. The van der Waals surface area contributed by atoms with Crippen LogP contribution in [0.2, 0.25) is 5.02 Å². The summed E-state index contributed by atoms with van der Waals surface area (Å²) in [5.41, 5.74) is 0.526. The van der Waals surface area contributed by atoms with E-state index in [1.165, 1.54) is 13.0 Å². The van der Waals surface area contributed by atoms with Crippen LogP contribution >= 0.6 is 11.6 Å². The quantitative estimate of drug-likeness (QED) is 0.800. The number of rotatable bonds is 2. The first-order chi connectivity index (χ1) is 10.5. The number of hydrazine groups is 1. The van der Waals surface area contributed by atoms with Crippen molar-refractivity contribution in [3.8, 4) is 0 Å². The SMILES string of the molecule is CCN(C(C)=O)N1C(=O)c2cc(Cl)c3ccccc3c2C1=O. The van der Waals surface area contributed by atoms with Gasteiger partial charge in [0.05, 0.1) is 11.1 Å². The van der Waals surface area contributed by atoms with E-state index >= 15 is 0 Å². The standard InChI is InChI=1S/C16H13ClN2O3/c1-3-18(9(2)20)19-15(21)12-8-13(17)10-6-4-5-7-11(10)14(12)16(19)22/h4-8H,3H2,1-2H3. The van der Waals surface area contributed by atoms with Gasteiger partial charge in [-0.1, -0.05) is 35.9 Å². The molecule has 0 aromatic heterocycles. The van der Waals surface area contributed by atoms with Gasteiger partial charge in [-0.2, -0.15) is 5.01 Å². The number of amides is 3. The number of carbonyl (C=O) groups is 3. The Morgan fingerprint density at radius 1 is 1.18 bits per heavy atom. The van der Waals surface area contributed by atoms with E-state index in [2.05, 4.69) is 0 Å². The molecule has 2 aromatic carbocycles. The summed E-state index contributed by atoms with van der Waals surface area (Å²) in [5, 5.41) is 3.76. The first kappa shape index (κ1) is 14.5. The van der Waals surface area contributed by atoms with E-state index in [1.807, 2.05) is 6.07 Å². The van der Waals surface area contributed by atoms with E-state index < -0.39 is 11.8 Å². The molecular weight excluding hydrogens is 304 g/mol. The Balaban J connectivity index is 2.26. The van der Waals surface area contributed by atoms with Gasteiger partial charge in [-0.05, 0) is 18.4 Å². The normalized spacial score (nSPS) is 13.7. The number of fused-ring (bicyclic) bond motifs is 3. The van der Waals surface area contributed by atoms with E-state index in [0.29, 0.717) is 21.4 Å². The van der Waals surface area contributed by atoms with E-state index in [4.69, 9.17) is 11.6 Å². The van der Waals surface area contributed by atoms with Gasteiger partial charge in [-0.25, -0.2) is 5.01 Å². The molecule has 0 N–H and O–H groups in total. The average Bonchev–Trinajstić information content (AvgIpc) is 2.73. The second kappa shape index (κ2) is 5.10. The van der Waals surface area contributed by atoms with Gasteiger partial charge in [0.1, 0.15) is 0 Å². The molecule has 0 radical (unpaired) electrons. The monoisotopic (exact) mass is 316 g/mol. The fourth-order valence-corrected chi connectivity index (χ4v) is 3.04. The second-order valence-corrected chi connectivity index (χ2v) is 5.39. The molecular formula is C16H13ClN2O3. The average molecular weight is 317 g/mol. The minimum Gasteiger partial charge on any atom is -0.273 e. The topological polar surface area (TPSA) is 57.7 Å². The zero-order chi connectivity index (χ0) is 16.0. The highest BCUT2D eigenvalue weighted by Gasteiger charge is 2.41. The number of halogens is 1. The van der Waals surface area contributed by atoms with Crippen LogP contribution in [-0.2, 0) is 4.79 Å². The van der Waals surface area contributed by atoms with Gasteiger partial charge in [-0.15, -0.1) is 0 Å². The zero-order valence-corrected chi connectivity index (χ0v) is 12.8. The van der Waals surface area contributed by atoms with E-state index in [9.17, 15) is 14.4 Å². The predicted octanol–water partition coefficient (Wildman–Crippen LogP) is 2.87. The number of carbonyl (C=O) groups excluding carboxylic acids is 3. The Morgan fingerprint density at radius 2 is 1.82 bits per heavy atom. The van der Waals surface area contributed by atoms with Gasteiger partial charge in [0.2, 0.25) is 5.91 Å². The van der Waals surface area contributed by atoms with Crippen LogP contribution in [-0.4, -0.2) is 34.3 Å². The summed E-state index contributed by atoms with van der Waals surface area (Å²) < 4.78 is 0. The van der Waals surface area contributed by atoms with Gasteiger partial charge in [0, 0.05) is 23.9 Å². The molecule has 0 saturated heterocycles. The molecule has 0 spiro atoms. The van der Waals surface area contributed by atoms with Gasteiger partial charge in [0.25, 0.3) is 11.8 Å². The third-order valence-electron chi connectivity index (χ3n) is 3.73. The smallest absolute Gasteiger partial charge is 0.273 e. The molecule has 6 heteroatoms. The van der Waals surface area contributed by atoms with Crippen molar-refractivity contribution in [2.45, 2.75) is 13.8 Å². The third kappa shape index (κ3) is 1.89. The fourth-order valence-electron chi connectivity index (χ4n) is 2.77. The molecule has 0 unspecified atom stereocenters. The highest BCUT2D eigenvalue weighted by atomic mass is 35.5. The van der Waals surface area contributed by atoms with Crippen LogP contribution in [0.1, 0.15) is 34.6 Å². The molecule has 3 amide bonds. The maximum atomic E-state index is 12.7. The number of nitrogens with zero attached hydrogens (tertiary/aromatic N) is 2. The van der Waals surface area contributed by atoms with Crippen molar-refractivity contribution in [3.63, 3.8) is 0 Å². The maximum Gasteiger partial charge on any atom is 0.281 e. The Kier molecular flexibility index (Phi) is 3.37. The number of hydrogen-bond donors (Lipinski definition) is 0. The van der Waals surface area contributed by atoms with E-state index in [1.54, 1.807) is 25.1 Å². The van der Waals surface area contributed by atoms with Crippen molar-refractivity contribution >= 4 is 40.1 Å². The van der Waals surface area contributed by atoms with Crippen molar-refractivity contribution in [2.75, 3.05) is 6.54 Å². The Labute approximate surface area is 132 Å². The lowest BCUT2D eigenvalue weighted by Crippen LogP contribution is -2.48. The highest BCUT2D eigenvalue weighted by Crippen LogP contribution is 2.35. The maximum absolute atomic E-state index is 12.7. The summed E-state index contributed by atoms with van der Waals surface area (Å²) in [6.07, 6.45) is 0. The van der Waals surface area contributed by atoms with Gasteiger partial charge >= 0.3 is 0 Å². The molecule has 1 aliphatic rings. The van der Waals surface area contributed by atoms with Crippen LogP contribution in [0.5, 0.6) is 0 Å². The van der Waals surface area contributed by atoms with Crippen LogP contribution in [0.15, 0.2) is 30.3 Å². The van der Waals surface area contributed by atoms with E-state index in [0.717, 1.165) is 10.0 Å². The fraction of sp³-hybridized carbons (Fsp3) is 0.188. The molecule has 0 aliphatic carbocycles. The van der Waals surface area contributed by atoms with Crippen molar-refractivity contribution in [3.05, 3.63) is 46.5 Å². The van der Waals surface area contributed by atoms with Crippen molar-refractivity contribution in [1.82, 2.24) is 10.0 Å². The Morgan fingerprint density at radius 3 is 2.41 bits per heavy atom. The lowest BCUT2D eigenvalue weighted by Gasteiger charge is -2.27. The van der Waals surface area contributed by atoms with Gasteiger partial charge in [0.15, 0.2) is 0 Å². The van der Waals surface area contributed by atoms with Crippen LogP contribution in [0.3, 0.4) is 0 Å². The molecule has 5 nitrogen and oxygen atoms in total. The van der Waals surface area contributed by atoms with Crippen molar-refractivity contribution in [2.24, 2.45) is 0 Å². The Bertz CT molecular complexity index is 831. The molecule has 0 saturated carbocycles. The summed E-state index contributed by atoms with van der Waals surface area (Å²) in [6, 6.07) is 8.63. The second-order valence-electron chi connectivity index (χ2n) is 4.98. The molecule has 0 bridgehead atoms. The number of imide groups is 1. The molecule has 2 aromatic rings. The lowest BCUT2D eigenvalue weighted by molar-refractivity contribution is -0.138. The first-order valence-corrected chi connectivity index (χ1v) is 7.23.